The Morgan fingerprint density at radius 1 is 1.15 bits per heavy atom. The molecular formula is C26H35NO6. The number of ketones is 1. The number of ether oxygens (including phenoxy) is 2. The highest BCUT2D eigenvalue weighted by molar-refractivity contribution is 6.02. The van der Waals surface area contributed by atoms with E-state index >= 15 is 0 Å². The number of cyclic esters (lactones) is 1. The average molecular weight is 458 g/mol. The second kappa shape index (κ2) is 8.42. The van der Waals surface area contributed by atoms with Gasteiger partial charge >= 0.3 is 12.1 Å². The van der Waals surface area contributed by atoms with E-state index in [1.807, 2.05) is 58.0 Å². The molecular weight excluding hydrogens is 422 g/mol. The van der Waals surface area contributed by atoms with Gasteiger partial charge in [0.25, 0.3) is 0 Å². The molecule has 0 aromatic heterocycles. The smallest absolute Gasteiger partial charge is 0.410 e. The summed E-state index contributed by atoms with van der Waals surface area (Å²) in [5, 5.41) is 11.2. The maximum atomic E-state index is 13.4. The molecule has 33 heavy (non-hydrogen) atoms. The number of fused-ring (bicyclic) bond motifs is 1. The molecule has 1 aromatic rings. The minimum Gasteiger partial charge on any atom is -0.457 e. The number of carbonyl (C=O) groups is 3. The third-order valence-corrected chi connectivity index (χ3v) is 7.60. The summed E-state index contributed by atoms with van der Waals surface area (Å²) in [7, 11) is 0. The van der Waals surface area contributed by atoms with Gasteiger partial charge in [-0.05, 0) is 44.6 Å². The zero-order chi connectivity index (χ0) is 24.2. The maximum absolute atomic E-state index is 13.4. The van der Waals surface area contributed by atoms with E-state index in [9.17, 15) is 19.5 Å². The Morgan fingerprint density at radius 2 is 1.79 bits per heavy atom. The van der Waals surface area contributed by atoms with Crippen LogP contribution >= 0.6 is 0 Å². The summed E-state index contributed by atoms with van der Waals surface area (Å²) in [6.07, 6.45) is -1.40. The molecule has 1 amide bonds. The monoisotopic (exact) mass is 457 g/mol. The van der Waals surface area contributed by atoms with Gasteiger partial charge in [0.15, 0.2) is 5.78 Å². The molecule has 4 rings (SSSR count). The highest BCUT2D eigenvalue weighted by atomic mass is 16.6. The lowest BCUT2D eigenvalue weighted by Crippen LogP contribution is -2.51. The number of aliphatic hydroxyl groups excluding tert-OH is 1. The fraction of sp³-hybridized carbons (Fsp3) is 0.654. The zero-order valence-electron chi connectivity index (χ0n) is 20.2. The van der Waals surface area contributed by atoms with Gasteiger partial charge in [-0.3, -0.25) is 14.5 Å². The van der Waals surface area contributed by atoms with Crippen LogP contribution in [0.2, 0.25) is 0 Å². The molecule has 1 unspecified atom stereocenters. The quantitative estimate of drug-likeness (QED) is 0.535. The molecule has 2 heterocycles. The fourth-order valence-corrected chi connectivity index (χ4v) is 5.69. The number of hydrogen-bond acceptors (Lipinski definition) is 6. The molecule has 7 nitrogen and oxygen atoms in total. The van der Waals surface area contributed by atoms with Gasteiger partial charge in [0.05, 0.1) is 12.1 Å². The van der Waals surface area contributed by atoms with Gasteiger partial charge in [-0.25, -0.2) is 4.79 Å². The first-order valence-corrected chi connectivity index (χ1v) is 11.9. The van der Waals surface area contributed by atoms with Crippen molar-refractivity contribution in [1.82, 2.24) is 4.90 Å². The second-order valence-corrected chi connectivity index (χ2v) is 11.0. The first kappa shape index (κ1) is 23.7. The van der Waals surface area contributed by atoms with Crippen molar-refractivity contribution >= 4 is 17.8 Å². The first-order valence-electron chi connectivity index (χ1n) is 11.9. The number of rotatable bonds is 5. The fourth-order valence-electron chi connectivity index (χ4n) is 5.69. The predicted molar refractivity (Wildman–Crippen MR) is 121 cm³/mol. The van der Waals surface area contributed by atoms with Gasteiger partial charge in [-0.1, -0.05) is 51.1 Å². The minimum absolute atomic E-state index is 0.0274. The van der Waals surface area contributed by atoms with Crippen molar-refractivity contribution in [2.75, 3.05) is 0 Å². The Bertz CT molecular complexity index is 924. The molecule has 1 saturated carbocycles. The van der Waals surface area contributed by atoms with Crippen LogP contribution in [-0.4, -0.2) is 51.6 Å². The van der Waals surface area contributed by atoms with Crippen LogP contribution in [0.5, 0.6) is 0 Å². The Balaban J connectivity index is 1.49. The lowest BCUT2D eigenvalue weighted by molar-refractivity contribution is -0.149. The molecule has 7 heteroatoms. The van der Waals surface area contributed by atoms with Crippen LogP contribution in [0.15, 0.2) is 30.3 Å². The van der Waals surface area contributed by atoms with Crippen LogP contribution in [0.3, 0.4) is 0 Å². The Labute approximate surface area is 195 Å². The molecule has 0 bridgehead atoms. The van der Waals surface area contributed by atoms with E-state index in [1.54, 1.807) is 11.8 Å². The minimum atomic E-state index is -1.08. The molecule has 1 N–H and O–H groups in total. The molecule has 9 atom stereocenters. The number of Topliss-reactive ketones (excluding diaryl/α,β-unsaturated/α-hetero) is 1. The predicted octanol–water partition coefficient (Wildman–Crippen LogP) is 3.75. The number of aliphatic hydroxyl groups is 1. The molecule has 1 aliphatic carbocycles. The van der Waals surface area contributed by atoms with E-state index < -0.39 is 47.7 Å². The van der Waals surface area contributed by atoms with Crippen molar-refractivity contribution in [2.45, 2.75) is 77.9 Å². The topological polar surface area (TPSA) is 93.1 Å². The third-order valence-electron chi connectivity index (χ3n) is 7.60. The Hall–Kier alpha value is -2.41. The van der Waals surface area contributed by atoms with Crippen LogP contribution in [0, 0.1) is 29.6 Å². The van der Waals surface area contributed by atoms with Crippen LogP contribution in [0.4, 0.5) is 4.79 Å². The first-order chi connectivity index (χ1) is 15.4. The van der Waals surface area contributed by atoms with Crippen LogP contribution in [-0.2, 0) is 19.1 Å². The van der Waals surface area contributed by atoms with Crippen molar-refractivity contribution in [3.05, 3.63) is 35.9 Å². The van der Waals surface area contributed by atoms with Crippen molar-refractivity contribution in [3.8, 4) is 0 Å². The van der Waals surface area contributed by atoms with E-state index in [2.05, 4.69) is 6.92 Å². The summed E-state index contributed by atoms with van der Waals surface area (Å²) in [4.78, 5) is 40.7. The molecule has 3 fully saturated rings. The Kier molecular flexibility index (Phi) is 6.06. The molecule has 0 spiro atoms. The summed E-state index contributed by atoms with van der Waals surface area (Å²) >= 11 is 0. The zero-order valence-corrected chi connectivity index (χ0v) is 20.2. The number of benzene rings is 1. The van der Waals surface area contributed by atoms with Gasteiger partial charge in [0.2, 0.25) is 0 Å². The van der Waals surface area contributed by atoms with Crippen molar-refractivity contribution < 1.29 is 29.0 Å². The van der Waals surface area contributed by atoms with E-state index in [1.165, 1.54) is 0 Å². The summed E-state index contributed by atoms with van der Waals surface area (Å²) in [6, 6.07) is 8.90. The molecule has 0 radical (unpaired) electrons. The van der Waals surface area contributed by atoms with E-state index in [0.29, 0.717) is 18.3 Å². The molecule has 2 saturated heterocycles. The number of piperidine rings is 1. The largest absolute Gasteiger partial charge is 0.457 e. The van der Waals surface area contributed by atoms with Gasteiger partial charge in [-0.15, -0.1) is 0 Å². The van der Waals surface area contributed by atoms with E-state index in [-0.39, 0.29) is 17.7 Å². The summed E-state index contributed by atoms with van der Waals surface area (Å²) < 4.78 is 11.2. The second-order valence-electron chi connectivity index (χ2n) is 11.0. The number of likely N-dealkylation sites (tertiary alicyclic amines) is 1. The molecule has 2 aliphatic heterocycles. The van der Waals surface area contributed by atoms with Gasteiger partial charge in [0.1, 0.15) is 17.6 Å². The Morgan fingerprint density at radius 3 is 2.39 bits per heavy atom. The maximum Gasteiger partial charge on any atom is 0.410 e. The number of nitrogens with zero attached hydrogens (tertiary/aromatic N) is 1. The SMILES string of the molecule is C[C@H]1[C@H]2C[C@@H]([C@H](O)[C@@H](C)C(=O)C3C(=O)O[C@@H](c4ccccc4)[C@H]3C)N(C(=O)OC(C)(C)C)[C@@H]12. The number of amides is 1. The van der Waals surface area contributed by atoms with Crippen molar-refractivity contribution in [1.29, 1.82) is 0 Å². The molecule has 1 aromatic carbocycles. The van der Waals surface area contributed by atoms with Gasteiger partial charge < -0.3 is 14.6 Å². The standard InChI is InChI=1S/C26H35NO6/c1-13-17-12-18(27(20(13)17)25(31)33-26(4,5)6)21(28)15(3)22(29)19-14(2)23(32-24(19)30)16-10-8-7-9-11-16/h7-11,13-15,17-21,23,28H,12H2,1-6H3/t13-,14-,15+,17+,18-,19?,20-,21+,23+/m0/s1. The molecule has 180 valence electrons. The highest BCUT2D eigenvalue weighted by Gasteiger charge is 2.63. The lowest BCUT2D eigenvalue weighted by Gasteiger charge is -2.36. The normalized spacial score (nSPS) is 34.9. The molecule has 3 aliphatic rings. The summed E-state index contributed by atoms with van der Waals surface area (Å²) in [5.74, 6) is -2.34. The van der Waals surface area contributed by atoms with Gasteiger partial charge in [-0.2, -0.15) is 0 Å². The lowest BCUT2D eigenvalue weighted by atomic mass is 9.79. The van der Waals surface area contributed by atoms with Gasteiger partial charge in [0, 0.05) is 17.9 Å². The number of esters is 1. The average Bonchev–Trinajstić information content (AvgIpc) is 3.09. The van der Waals surface area contributed by atoms with Crippen LogP contribution in [0.25, 0.3) is 0 Å². The van der Waals surface area contributed by atoms with E-state index in [0.717, 1.165) is 5.56 Å². The van der Waals surface area contributed by atoms with Crippen LogP contribution in [0.1, 0.15) is 59.6 Å². The van der Waals surface area contributed by atoms with Crippen molar-refractivity contribution in [2.24, 2.45) is 29.6 Å². The number of hydrogen-bond donors (Lipinski definition) is 1. The van der Waals surface area contributed by atoms with Crippen molar-refractivity contribution in [3.63, 3.8) is 0 Å². The summed E-state index contributed by atoms with van der Waals surface area (Å²) in [6.45, 7) is 11.0. The third kappa shape index (κ3) is 4.27. The number of carbonyl (C=O) groups excluding carboxylic acids is 3. The van der Waals surface area contributed by atoms with Crippen LogP contribution < -0.4 is 0 Å². The highest BCUT2D eigenvalue weighted by Crippen LogP contribution is 2.54. The van der Waals surface area contributed by atoms with E-state index in [4.69, 9.17) is 9.47 Å². The summed E-state index contributed by atoms with van der Waals surface area (Å²) in [5.41, 5.74) is 0.197.